The van der Waals surface area contributed by atoms with E-state index in [1.807, 2.05) is 6.07 Å². The van der Waals surface area contributed by atoms with Gasteiger partial charge in [-0.15, -0.1) is 0 Å². The normalized spacial score (nSPS) is 10.3. The number of nitrogens with two attached hydrogens (primary N) is 1. The van der Waals surface area contributed by atoms with Crippen LogP contribution in [0, 0.1) is 0 Å². The van der Waals surface area contributed by atoms with E-state index in [-0.39, 0.29) is 5.56 Å². The van der Waals surface area contributed by atoms with Gasteiger partial charge in [0.05, 0.1) is 24.4 Å². The molecule has 0 saturated heterocycles. The molecule has 0 aromatic carbocycles. The summed E-state index contributed by atoms with van der Waals surface area (Å²) in [5, 5.41) is 9.12. The number of anilines is 2. The lowest BCUT2D eigenvalue weighted by molar-refractivity contribution is 0.0697. The van der Waals surface area contributed by atoms with Gasteiger partial charge in [-0.05, 0) is 12.1 Å². The average molecular weight is 247 g/mol. The molecule has 2 heterocycles. The third kappa shape index (κ3) is 2.42. The number of furan rings is 1. The van der Waals surface area contributed by atoms with Gasteiger partial charge in [0.15, 0.2) is 0 Å². The second kappa shape index (κ2) is 4.79. The molecule has 0 atom stereocenters. The van der Waals surface area contributed by atoms with Gasteiger partial charge in [-0.1, -0.05) is 0 Å². The zero-order valence-electron chi connectivity index (χ0n) is 9.83. The summed E-state index contributed by atoms with van der Waals surface area (Å²) < 4.78 is 4.96. The summed E-state index contributed by atoms with van der Waals surface area (Å²) in [5.41, 5.74) is 6.89. The maximum absolute atomic E-state index is 11.1. The number of hydrogen-bond donors (Lipinski definition) is 2. The Labute approximate surface area is 104 Å². The first-order valence-electron chi connectivity index (χ1n) is 5.29. The molecule has 0 radical (unpaired) electrons. The van der Waals surface area contributed by atoms with E-state index in [1.165, 1.54) is 12.3 Å². The van der Waals surface area contributed by atoms with Crippen LogP contribution in [0.2, 0.25) is 0 Å². The number of aromatic nitrogens is 1. The number of pyridine rings is 1. The fourth-order valence-corrected chi connectivity index (χ4v) is 1.67. The van der Waals surface area contributed by atoms with Crippen molar-refractivity contribution < 1.29 is 14.3 Å². The van der Waals surface area contributed by atoms with Crippen molar-refractivity contribution in [1.82, 2.24) is 4.98 Å². The zero-order chi connectivity index (χ0) is 13.1. The monoisotopic (exact) mass is 247 g/mol. The SMILES string of the molecule is CN(Cc1ccoc1)c1ncc(N)cc1C(=O)O. The van der Waals surface area contributed by atoms with Gasteiger partial charge in [-0.2, -0.15) is 0 Å². The smallest absolute Gasteiger partial charge is 0.339 e. The third-order valence-electron chi connectivity index (χ3n) is 2.48. The highest BCUT2D eigenvalue weighted by Crippen LogP contribution is 2.20. The Bertz CT molecular complexity index is 552. The van der Waals surface area contributed by atoms with Crippen molar-refractivity contribution in [2.45, 2.75) is 6.54 Å². The zero-order valence-corrected chi connectivity index (χ0v) is 9.83. The van der Waals surface area contributed by atoms with E-state index in [4.69, 9.17) is 15.3 Å². The second-order valence-electron chi connectivity index (χ2n) is 3.93. The Kier molecular flexibility index (Phi) is 3.18. The quantitative estimate of drug-likeness (QED) is 0.852. The molecule has 0 bridgehead atoms. The molecule has 2 aromatic heterocycles. The first kappa shape index (κ1) is 12.0. The van der Waals surface area contributed by atoms with E-state index in [1.54, 1.807) is 24.5 Å². The molecule has 0 amide bonds. The highest BCUT2D eigenvalue weighted by Gasteiger charge is 2.16. The molecule has 3 N–H and O–H groups in total. The maximum Gasteiger partial charge on any atom is 0.339 e. The summed E-state index contributed by atoms with van der Waals surface area (Å²) in [6, 6.07) is 3.21. The van der Waals surface area contributed by atoms with E-state index >= 15 is 0 Å². The number of nitrogens with zero attached hydrogens (tertiary/aromatic N) is 2. The fraction of sp³-hybridized carbons (Fsp3) is 0.167. The van der Waals surface area contributed by atoms with E-state index < -0.39 is 5.97 Å². The van der Waals surface area contributed by atoms with E-state index in [9.17, 15) is 4.79 Å². The third-order valence-corrected chi connectivity index (χ3v) is 2.48. The van der Waals surface area contributed by atoms with E-state index in [0.717, 1.165) is 5.56 Å². The van der Waals surface area contributed by atoms with Crippen LogP contribution in [0.25, 0.3) is 0 Å². The Morgan fingerprint density at radius 2 is 2.39 bits per heavy atom. The Morgan fingerprint density at radius 1 is 1.61 bits per heavy atom. The standard InChI is InChI=1S/C12H13N3O3/c1-15(6-8-2-3-18-7-8)11-10(12(16)17)4-9(13)5-14-11/h2-5,7H,6,13H2,1H3,(H,16,17). The van der Waals surface area contributed by atoms with Crippen LogP contribution in [0.3, 0.4) is 0 Å². The van der Waals surface area contributed by atoms with Crippen LogP contribution >= 0.6 is 0 Å². The second-order valence-corrected chi connectivity index (χ2v) is 3.93. The number of rotatable bonds is 4. The molecule has 6 heteroatoms. The lowest BCUT2D eigenvalue weighted by atomic mass is 10.2. The number of hydrogen-bond acceptors (Lipinski definition) is 5. The van der Waals surface area contributed by atoms with E-state index in [2.05, 4.69) is 4.98 Å². The highest BCUT2D eigenvalue weighted by atomic mass is 16.4. The summed E-state index contributed by atoms with van der Waals surface area (Å²) in [6.45, 7) is 0.508. The minimum Gasteiger partial charge on any atom is -0.478 e. The van der Waals surface area contributed by atoms with Crippen molar-refractivity contribution in [3.05, 3.63) is 42.0 Å². The van der Waals surface area contributed by atoms with Gasteiger partial charge in [-0.3, -0.25) is 0 Å². The fourth-order valence-electron chi connectivity index (χ4n) is 1.67. The summed E-state index contributed by atoms with van der Waals surface area (Å²) in [5.74, 6) is -0.679. The molecule has 94 valence electrons. The van der Waals surface area contributed by atoms with Gasteiger partial charge in [-0.25, -0.2) is 9.78 Å². The van der Waals surface area contributed by atoms with Gasteiger partial charge in [0.25, 0.3) is 0 Å². The predicted molar refractivity (Wildman–Crippen MR) is 66.4 cm³/mol. The molecule has 0 spiro atoms. The Morgan fingerprint density at radius 3 is 3.00 bits per heavy atom. The molecule has 0 aliphatic rings. The minimum absolute atomic E-state index is 0.0843. The first-order valence-corrected chi connectivity index (χ1v) is 5.29. The average Bonchev–Trinajstić information content (AvgIpc) is 2.81. The van der Waals surface area contributed by atoms with Crippen LogP contribution in [0.4, 0.5) is 11.5 Å². The summed E-state index contributed by atoms with van der Waals surface area (Å²) >= 11 is 0. The van der Waals surface area contributed by atoms with Crippen molar-refractivity contribution in [3.63, 3.8) is 0 Å². The van der Waals surface area contributed by atoms with Crippen molar-refractivity contribution in [2.24, 2.45) is 0 Å². The number of aromatic carboxylic acids is 1. The van der Waals surface area contributed by atoms with Crippen LogP contribution in [-0.2, 0) is 6.54 Å². The molecule has 0 saturated carbocycles. The molecule has 0 fully saturated rings. The van der Waals surface area contributed by atoms with Crippen molar-refractivity contribution in [1.29, 1.82) is 0 Å². The van der Waals surface area contributed by atoms with Crippen LogP contribution in [-0.4, -0.2) is 23.1 Å². The van der Waals surface area contributed by atoms with Gasteiger partial charge in [0, 0.05) is 19.2 Å². The molecule has 2 rings (SSSR count). The molecule has 0 aliphatic carbocycles. The molecule has 2 aromatic rings. The van der Waals surface area contributed by atoms with Crippen molar-refractivity contribution >= 4 is 17.5 Å². The summed E-state index contributed by atoms with van der Waals surface area (Å²) in [4.78, 5) is 16.9. The highest BCUT2D eigenvalue weighted by molar-refractivity contribution is 5.94. The maximum atomic E-state index is 11.1. The number of nitrogen functional groups attached to an aromatic ring is 1. The van der Waals surface area contributed by atoms with Gasteiger partial charge >= 0.3 is 5.97 Å². The first-order chi connectivity index (χ1) is 8.58. The van der Waals surface area contributed by atoms with Crippen LogP contribution in [0.5, 0.6) is 0 Å². The van der Waals surface area contributed by atoms with E-state index in [0.29, 0.717) is 18.1 Å². The van der Waals surface area contributed by atoms with Crippen molar-refractivity contribution in [2.75, 3.05) is 17.7 Å². The Balaban J connectivity index is 2.29. The summed E-state index contributed by atoms with van der Waals surface area (Å²) in [7, 11) is 1.76. The summed E-state index contributed by atoms with van der Waals surface area (Å²) in [6.07, 6.45) is 4.61. The molecule has 0 aliphatic heterocycles. The number of carbonyl (C=O) groups is 1. The number of carboxylic acids is 1. The van der Waals surface area contributed by atoms with Gasteiger partial charge < -0.3 is 20.2 Å². The lowest BCUT2D eigenvalue weighted by Gasteiger charge is -2.19. The topological polar surface area (TPSA) is 92.6 Å². The molecule has 18 heavy (non-hydrogen) atoms. The molecule has 0 unspecified atom stereocenters. The minimum atomic E-state index is -1.05. The molecule has 6 nitrogen and oxygen atoms in total. The molecular weight excluding hydrogens is 234 g/mol. The van der Waals surface area contributed by atoms with Crippen LogP contribution in [0.15, 0.2) is 35.3 Å². The van der Waals surface area contributed by atoms with Crippen LogP contribution in [0.1, 0.15) is 15.9 Å². The van der Waals surface area contributed by atoms with Gasteiger partial charge in [0.1, 0.15) is 11.4 Å². The van der Waals surface area contributed by atoms with Crippen molar-refractivity contribution in [3.8, 4) is 0 Å². The number of carboxylic acid groups (broad SMARTS) is 1. The largest absolute Gasteiger partial charge is 0.478 e. The van der Waals surface area contributed by atoms with Gasteiger partial charge in [0.2, 0.25) is 0 Å². The molecular formula is C12H13N3O3. The van der Waals surface area contributed by atoms with Crippen LogP contribution < -0.4 is 10.6 Å². The Hall–Kier alpha value is -2.50. The lowest BCUT2D eigenvalue weighted by Crippen LogP contribution is -2.20. The predicted octanol–water partition coefficient (Wildman–Crippen LogP) is 1.59.